The van der Waals surface area contributed by atoms with Gasteiger partial charge in [-0.05, 0) is 91.3 Å². The van der Waals surface area contributed by atoms with E-state index in [0.717, 1.165) is 11.7 Å². The molecule has 4 rings (SSSR count). The van der Waals surface area contributed by atoms with Crippen molar-refractivity contribution >= 4 is 22.6 Å². The number of ether oxygens (including phenoxy) is 1. The van der Waals surface area contributed by atoms with E-state index >= 15 is 0 Å². The first-order valence-corrected chi connectivity index (χ1v) is 7.28. The summed E-state index contributed by atoms with van der Waals surface area (Å²) in [4.78, 5) is 0. The van der Waals surface area contributed by atoms with Gasteiger partial charge in [0.15, 0.2) is 0 Å². The van der Waals surface area contributed by atoms with Gasteiger partial charge in [0.05, 0.1) is 0 Å². The van der Waals surface area contributed by atoms with Crippen molar-refractivity contribution in [2.24, 2.45) is 5.92 Å². The average Bonchev–Trinajstić information content (AvgIpc) is 2.34. The lowest BCUT2D eigenvalue weighted by Crippen LogP contribution is -2.44. The molecule has 1 aromatic rings. The topological polar surface area (TPSA) is 9.23 Å². The summed E-state index contributed by atoms with van der Waals surface area (Å²) in [5, 5.41) is 0. The van der Waals surface area contributed by atoms with Crippen LogP contribution in [-0.4, -0.2) is 5.60 Å². The zero-order valence-electron chi connectivity index (χ0n) is 9.42. The van der Waals surface area contributed by atoms with E-state index in [1.54, 1.807) is 0 Å². The van der Waals surface area contributed by atoms with Gasteiger partial charge in [-0.2, -0.15) is 0 Å². The summed E-state index contributed by atoms with van der Waals surface area (Å²) >= 11 is 2.33. The standard InChI is InChI=1S/C14H17IO/c15-12-1-3-13(4-2-12)16-14-8-5-11(6-9-14)7-10-14/h1-4,11H,5-10H2. The van der Waals surface area contributed by atoms with Gasteiger partial charge in [-0.3, -0.25) is 0 Å². The smallest absolute Gasteiger partial charge is 0.120 e. The van der Waals surface area contributed by atoms with E-state index in [1.807, 2.05) is 0 Å². The molecule has 0 radical (unpaired) electrons. The van der Waals surface area contributed by atoms with Crippen LogP contribution in [0.15, 0.2) is 24.3 Å². The van der Waals surface area contributed by atoms with Gasteiger partial charge in [0.2, 0.25) is 0 Å². The van der Waals surface area contributed by atoms with Crippen molar-refractivity contribution in [1.29, 1.82) is 0 Å². The van der Waals surface area contributed by atoms with E-state index < -0.39 is 0 Å². The van der Waals surface area contributed by atoms with E-state index in [4.69, 9.17) is 4.74 Å². The lowest BCUT2D eigenvalue weighted by atomic mass is 9.68. The highest BCUT2D eigenvalue weighted by Gasteiger charge is 2.42. The lowest BCUT2D eigenvalue weighted by Gasteiger charge is -2.46. The van der Waals surface area contributed by atoms with Crippen molar-refractivity contribution in [3.8, 4) is 5.75 Å². The Bertz CT molecular complexity index is 349. The van der Waals surface area contributed by atoms with E-state index in [-0.39, 0.29) is 5.60 Å². The molecular weight excluding hydrogens is 311 g/mol. The molecule has 0 saturated heterocycles. The fourth-order valence-electron chi connectivity index (χ4n) is 3.12. The molecular formula is C14H17IO. The van der Waals surface area contributed by atoms with E-state index in [1.165, 1.54) is 42.1 Å². The summed E-state index contributed by atoms with van der Waals surface area (Å²) in [7, 11) is 0. The van der Waals surface area contributed by atoms with Crippen LogP contribution in [0.2, 0.25) is 0 Å². The summed E-state index contributed by atoms with van der Waals surface area (Å²) in [6.45, 7) is 0. The van der Waals surface area contributed by atoms with Crippen molar-refractivity contribution in [3.05, 3.63) is 27.8 Å². The highest BCUT2D eigenvalue weighted by Crippen LogP contribution is 2.46. The number of fused-ring (bicyclic) bond motifs is 3. The monoisotopic (exact) mass is 328 g/mol. The van der Waals surface area contributed by atoms with Gasteiger partial charge >= 0.3 is 0 Å². The first-order chi connectivity index (χ1) is 7.76. The van der Waals surface area contributed by atoms with E-state index in [0.29, 0.717) is 0 Å². The van der Waals surface area contributed by atoms with Crippen LogP contribution in [-0.2, 0) is 0 Å². The fraction of sp³-hybridized carbons (Fsp3) is 0.571. The zero-order chi connectivity index (χ0) is 11.0. The largest absolute Gasteiger partial charge is 0.487 e. The molecule has 2 bridgehead atoms. The van der Waals surface area contributed by atoms with Crippen LogP contribution in [0.1, 0.15) is 38.5 Å². The first-order valence-electron chi connectivity index (χ1n) is 6.20. The Morgan fingerprint density at radius 2 is 1.56 bits per heavy atom. The zero-order valence-corrected chi connectivity index (χ0v) is 11.6. The van der Waals surface area contributed by atoms with Gasteiger partial charge in [-0.1, -0.05) is 0 Å². The van der Waals surface area contributed by atoms with Crippen molar-refractivity contribution in [1.82, 2.24) is 0 Å². The molecule has 0 amide bonds. The van der Waals surface area contributed by atoms with Gasteiger partial charge in [0, 0.05) is 3.57 Å². The Kier molecular flexibility index (Phi) is 2.86. The molecule has 3 aliphatic carbocycles. The maximum atomic E-state index is 6.28. The molecule has 1 aromatic carbocycles. The Labute approximate surface area is 111 Å². The van der Waals surface area contributed by atoms with Crippen molar-refractivity contribution in [2.75, 3.05) is 0 Å². The molecule has 0 spiro atoms. The number of hydrogen-bond acceptors (Lipinski definition) is 1. The minimum atomic E-state index is 0.182. The van der Waals surface area contributed by atoms with Gasteiger partial charge in [0.1, 0.15) is 11.4 Å². The van der Waals surface area contributed by atoms with Gasteiger partial charge in [0.25, 0.3) is 0 Å². The predicted molar refractivity (Wildman–Crippen MR) is 73.7 cm³/mol. The van der Waals surface area contributed by atoms with Crippen LogP contribution >= 0.6 is 22.6 Å². The molecule has 0 unspecified atom stereocenters. The Morgan fingerprint density at radius 3 is 2.12 bits per heavy atom. The molecule has 0 heterocycles. The minimum Gasteiger partial charge on any atom is -0.487 e. The number of rotatable bonds is 2. The fourth-order valence-corrected chi connectivity index (χ4v) is 3.47. The summed E-state index contributed by atoms with van der Waals surface area (Å²) in [6.07, 6.45) is 7.94. The minimum absolute atomic E-state index is 0.182. The molecule has 3 aliphatic rings. The molecule has 86 valence electrons. The molecule has 0 N–H and O–H groups in total. The SMILES string of the molecule is Ic1ccc(OC23CCC(CC2)CC3)cc1. The second kappa shape index (κ2) is 4.21. The molecule has 16 heavy (non-hydrogen) atoms. The van der Waals surface area contributed by atoms with Crippen LogP contribution in [0.4, 0.5) is 0 Å². The predicted octanol–water partition coefficient (Wildman–Crippen LogP) is 4.39. The number of hydrogen-bond donors (Lipinski definition) is 0. The highest BCUT2D eigenvalue weighted by molar-refractivity contribution is 14.1. The second-order valence-electron chi connectivity index (χ2n) is 5.22. The third-order valence-electron chi connectivity index (χ3n) is 4.17. The lowest BCUT2D eigenvalue weighted by molar-refractivity contribution is -0.0323. The van der Waals surface area contributed by atoms with Crippen molar-refractivity contribution in [3.63, 3.8) is 0 Å². The van der Waals surface area contributed by atoms with E-state index in [9.17, 15) is 0 Å². The third-order valence-corrected chi connectivity index (χ3v) is 4.89. The summed E-state index contributed by atoms with van der Waals surface area (Å²) < 4.78 is 7.55. The quantitative estimate of drug-likeness (QED) is 0.732. The van der Waals surface area contributed by atoms with Crippen LogP contribution in [0.5, 0.6) is 5.75 Å². The van der Waals surface area contributed by atoms with Crippen molar-refractivity contribution < 1.29 is 4.74 Å². The molecule has 1 nitrogen and oxygen atoms in total. The Hall–Kier alpha value is -0.250. The maximum absolute atomic E-state index is 6.28. The normalized spacial score (nSPS) is 32.7. The Morgan fingerprint density at radius 1 is 1.00 bits per heavy atom. The summed E-state index contributed by atoms with van der Waals surface area (Å²) in [6, 6.07) is 8.47. The molecule has 2 heteroatoms. The summed E-state index contributed by atoms with van der Waals surface area (Å²) in [5.74, 6) is 2.06. The van der Waals surface area contributed by atoms with Crippen molar-refractivity contribution in [2.45, 2.75) is 44.1 Å². The van der Waals surface area contributed by atoms with Gasteiger partial charge < -0.3 is 4.74 Å². The molecule has 3 saturated carbocycles. The van der Waals surface area contributed by atoms with Crippen LogP contribution in [0.25, 0.3) is 0 Å². The van der Waals surface area contributed by atoms with E-state index in [2.05, 4.69) is 46.9 Å². The summed E-state index contributed by atoms with van der Waals surface area (Å²) in [5.41, 5.74) is 0.182. The molecule has 0 atom stereocenters. The van der Waals surface area contributed by atoms with Crippen LogP contribution in [0, 0.1) is 9.49 Å². The Balaban J connectivity index is 1.75. The maximum Gasteiger partial charge on any atom is 0.120 e. The second-order valence-corrected chi connectivity index (χ2v) is 6.47. The number of benzene rings is 1. The van der Waals surface area contributed by atoms with Gasteiger partial charge in [-0.25, -0.2) is 0 Å². The number of halogens is 1. The molecule has 0 aliphatic heterocycles. The van der Waals surface area contributed by atoms with Crippen LogP contribution < -0.4 is 4.74 Å². The first kappa shape index (κ1) is 10.9. The van der Waals surface area contributed by atoms with Crippen LogP contribution in [0.3, 0.4) is 0 Å². The molecule has 3 fully saturated rings. The third kappa shape index (κ3) is 2.08. The average molecular weight is 328 g/mol. The molecule has 0 aromatic heterocycles. The highest BCUT2D eigenvalue weighted by atomic mass is 127. The van der Waals surface area contributed by atoms with Gasteiger partial charge in [-0.15, -0.1) is 0 Å².